The molecule has 25 heavy (non-hydrogen) atoms. The third-order valence-electron chi connectivity index (χ3n) is 3.60. The molecule has 0 spiro atoms. The largest absolute Gasteiger partial charge is 0.437 e. The number of hydrogen-bond donors (Lipinski definition) is 1. The van der Waals surface area contributed by atoms with Crippen molar-refractivity contribution in [3.8, 4) is 0 Å². The number of imidazole rings is 1. The van der Waals surface area contributed by atoms with Crippen LogP contribution in [0.15, 0.2) is 63.8 Å². The fraction of sp³-hybridized carbons (Fsp3) is 0.0556. The number of amides is 1. The topological polar surface area (TPSA) is 72.4 Å². The number of nitrogens with zero attached hydrogens (tertiary/aromatic N) is 3. The summed E-state index contributed by atoms with van der Waals surface area (Å²) < 4.78 is 8.40. The van der Waals surface area contributed by atoms with E-state index in [0.29, 0.717) is 18.0 Å². The normalized spacial score (nSPS) is 11.6. The van der Waals surface area contributed by atoms with E-state index in [1.54, 1.807) is 6.08 Å². The van der Waals surface area contributed by atoms with E-state index in [0.717, 1.165) is 21.3 Å². The highest BCUT2D eigenvalue weighted by atomic mass is 79.9. The molecule has 1 amide bonds. The van der Waals surface area contributed by atoms with Gasteiger partial charge in [-0.05, 0) is 40.2 Å². The van der Waals surface area contributed by atoms with E-state index in [2.05, 4.69) is 31.2 Å². The van der Waals surface area contributed by atoms with Crippen molar-refractivity contribution in [1.82, 2.24) is 19.7 Å². The monoisotopic (exact) mass is 396 g/mol. The van der Waals surface area contributed by atoms with Crippen LogP contribution in [0.2, 0.25) is 0 Å². The predicted octanol–water partition coefficient (Wildman–Crippen LogP) is 3.57. The van der Waals surface area contributed by atoms with Crippen molar-refractivity contribution in [3.05, 3.63) is 70.9 Å². The summed E-state index contributed by atoms with van der Waals surface area (Å²) in [5.74, 6) is 0.162. The molecule has 0 saturated heterocycles. The molecule has 124 valence electrons. The lowest BCUT2D eigenvalue weighted by atomic mass is 10.3. The van der Waals surface area contributed by atoms with Gasteiger partial charge < -0.3 is 14.1 Å². The van der Waals surface area contributed by atoms with Gasteiger partial charge in [0.1, 0.15) is 11.2 Å². The third kappa shape index (κ3) is 3.46. The zero-order valence-corrected chi connectivity index (χ0v) is 14.6. The Morgan fingerprint density at radius 3 is 2.96 bits per heavy atom. The van der Waals surface area contributed by atoms with Gasteiger partial charge in [0.2, 0.25) is 11.8 Å². The van der Waals surface area contributed by atoms with Crippen molar-refractivity contribution in [1.29, 1.82) is 0 Å². The van der Waals surface area contributed by atoms with E-state index in [9.17, 15) is 4.79 Å². The quantitative estimate of drug-likeness (QED) is 0.535. The molecule has 4 aromatic rings. The molecule has 1 N–H and O–H groups in total. The summed E-state index contributed by atoms with van der Waals surface area (Å²) in [6, 6.07) is 11.3. The maximum Gasteiger partial charge on any atom is 0.244 e. The number of nitrogens with one attached hydrogen (secondary N) is 1. The molecule has 0 radical (unpaired) electrons. The first kappa shape index (κ1) is 15.6. The number of benzene rings is 1. The average Bonchev–Trinajstić information content (AvgIpc) is 3.20. The highest BCUT2D eigenvalue weighted by molar-refractivity contribution is 9.10. The lowest BCUT2D eigenvalue weighted by Crippen LogP contribution is -2.20. The predicted molar refractivity (Wildman–Crippen MR) is 97.8 cm³/mol. The van der Waals surface area contributed by atoms with Crippen molar-refractivity contribution in [3.63, 3.8) is 0 Å². The van der Waals surface area contributed by atoms with Gasteiger partial charge in [0.25, 0.3) is 0 Å². The van der Waals surface area contributed by atoms with Crippen molar-refractivity contribution in [2.75, 3.05) is 0 Å². The number of carbonyl (C=O) groups excluding carboxylic acids is 1. The number of carbonyl (C=O) groups is 1. The number of halogens is 1. The van der Waals surface area contributed by atoms with Crippen molar-refractivity contribution >= 4 is 44.7 Å². The fourth-order valence-electron chi connectivity index (χ4n) is 2.45. The van der Waals surface area contributed by atoms with Gasteiger partial charge in [0.05, 0.1) is 12.2 Å². The van der Waals surface area contributed by atoms with Gasteiger partial charge in [-0.25, -0.2) is 9.97 Å². The molecule has 4 rings (SSSR count). The number of aromatic nitrogens is 3. The summed E-state index contributed by atoms with van der Waals surface area (Å²) in [5, 5.41) is 2.80. The van der Waals surface area contributed by atoms with Crippen LogP contribution in [0.1, 0.15) is 11.6 Å². The van der Waals surface area contributed by atoms with Crippen molar-refractivity contribution in [2.24, 2.45) is 0 Å². The molecule has 0 fully saturated rings. The van der Waals surface area contributed by atoms with Crippen LogP contribution in [0.4, 0.5) is 0 Å². The second-order valence-electron chi connectivity index (χ2n) is 5.42. The zero-order chi connectivity index (χ0) is 17.2. The Morgan fingerprint density at radius 1 is 1.20 bits per heavy atom. The first-order chi connectivity index (χ1) is 12.2. The SMILES string of the molecule is O=C(/C=C/c1nc2ccccc2o1)NCc1cn2cc(Br)ccc2n1. The van der Waals surface area contributed by atoms with Crippen LogP contribution in [0.25, 0.3) is 22.8 Å². The van der Waals surface area contributed by atoms with Crippen LogP contribution in [0.5, 0.6) is 0 Å². The molecule has 1 aromatic carbocycles. The minimum absolute atomic E-state index is 0.236. The van der Waals surface area contributed by atoms with Gasteiger partial charge in [-0.3, -0.25) is 4.79 Å². The van der Waals surface area contributed by atoms with Crippen LogP contribution in [-0.2, 0) is 11.3 Å². The Kier molecular flexibility index (Phi) is 4.07. The fourth-order valence-corrected chi connectivity index (χ4v) is 2.80. The maximum absolute atomic E-state index is 12.0. The molecule has 3 heterocycles. The van der Waals surface area contributed by atoms with Crippen LogP contribution in [0.3, 0.4) is 0 Å². The summed E-state index contributed by atoms with van der Waals surface area (Å²) in [4.78, 5) is 20.7. The molecule has 0 aliphatic rings. The molecular formula is C18H13BrN4O2. The summed E-state index contributed by atoms with van der Waals surface area (Å²) in [6.07, 6.45) is 6.75. The van der Waals surface area contributed by atoms with Gasteiger partial charge in [-0.1, -0.05) is 12.1 Å². The molecule has 0 saturated carbocycles. The van der Waals surface area contributed by atoms with Gasteiger partial charge in [0.15, 0.2) is 5.58 Å². The van der Waals surface area contributed by atoms with Gasteiger partial charge in [0, 0.05) is 29.0 Å². The summed E-state index contributed by atoms with van der Waals surface area (Å²) in [6.45, 7) is 0.343. The summed E-state index contributed by atoms with van der Waals surface area (Å²) in [7, 11) is 0. The Bertz CT molecular complexity index is 1060. The molecule has 0 aliphatic heterocycles. The average molecular weight is 397 g/mol. The van der Waals surface area contributed by atoms with E-state index in [1.165, 1.54) is 6.08 Å². The standard InChI is InChI=1S/C18H13BrN4O2/c19-12-5-6-16-21-13(11-23(16)10-12)9-20-17(24)7-8-18-22-14-3-1-2-4-15(14)25-18/h1-8,10-11H,9H2,(H,20,24)/b8-7+. The second-order valence-corrected chi connectivity index (χ2v) is 6.33. The molecular weight excluding hydrogens is 384 g/mol. The van der Waals surface area contributed by atoms with Gasteiger partial charge in [-0.2, -0.15) is 0 Å². The molecule has 0 bridgehead atoms. The van der Waals surface area contributed by atoms with E-state index in [1.807, 2.05) is 53.2 Å². The number of hydrogen-bond acceptors (Lipinski definition) is 4. The van der Waals surface area contributed by atoms with E-state index >= 15 is 0 Å². The zero-order valence-electron chi connectivity index (χ0n) is 13.0. The highest BCUT2D eigenvalue weighted by Crippen LogP contribution is 2.15. The first-order valence-electron chi connectivity index (χ1n) is 7.62. The van der Waals surface area contributed by atoms with E-state index in [4.69, 9.17) is 4.42 Å². The van der Waals surface area contributed by atoms with Crippen molar-refractivity contribution in [2.45, 2.75) is 6.54 Å². The Hall–Kier alpha value is -2.93. The molecule has 0 unspecified atom stereocenters. The Balaban J connectivity index is 1.40. The number of para-hydroxylation sites is 2. The van der Waals surface area contributed by atoms with Crippen LogP contribution < -0.4 is 5.32 Å². The van der Waals surface area contributed by atoms with Crippen LogP contribution >= 0.6 is 15.9 Å². The van der Waals surface area contributed by atoms with Gasteiger partial charge >= 0.3 is 0 Å². The second kappa shape index (κ2) is 6.52. The Morgan fingerprint density at radius 2 is 2.08 bits per heavy atom. The first-order valence-corrected chi connectivity index (χ1v) is 8.41. The maximum atomic E-state index is 12.0. The molecule has 0 aliphatic carbocycles. The number of fused-ring (bicyclic) bond motifs is 2. The molecule has 0 atom stereocenters. The third-order valence-corrected chi connectivity index (χ3v) is 4.07. The summed E-state index contributed by atoms with van der Waals surface area (Å²) in [5.41, 5.74) is 3.06. The van der Waals surface area contributed by atoms with Crippen LogP contribution in [-0.4, -0.2) is 20.3 Å². The molecule has 7 heteroatoms. The van der Waals surface area contributed by atoms with E-state index in [-0.39, 0.29) is 5.91 Å². The number of pyridine rings is 1. The lowest BCUT2D eigenvalue weighted by Gasteiger charge is -1.97. The molecule has 6 nitrogen and oxygen atoms in total. The van der Waals surface area contributed by atoms with E-state index < -0.39 is 0 Å². The highest BCUT2D eigenvalue weighted by Gasteiger charge is 2.05. The number of rotatable bonds is 4. The lowest BCUT2D eigenvalue weighted by molar-refractivity contribution is -0.116. The smallest absolute Gasteiger partial charge is 0.244 e. The number of oxazole rings is 1. The summed E-state index contributed by atoms with van der Waals surface area (Å²) >= 11 is 3.42. The Labute approximate surface area is 151 Å². The van der Waals surface area contributed by atoms with Crippen molar-refractivity contribution < 1.29 is 9.21 Å². The van der Waals surface area contributed by atoms with Crippen LogP contribution in [0, 0.1) is 0 Å². The van der Waals surface area contributed by atoms with Gasteiger partial charge in [-0.15, -0.1) is 0 Å². The minimum Gasteiger partial charge on any atom is -0.437 e. The minimum atomic E-state index is -0.236. The molecule has 3 aromatic heterocycles.